The molecule has 0 bridgehead atoms. The van der Waals surface area contributed by atoms with Crippen LogP contribution in [-0.4, -0.2) is 49.1 Å². The van der Waals surface area contributed by atoms with E-state index >= 15 is 0 Å². The maximum absolute atomic E-state index is 12.5. The van der Waals surface area contributed by atoms with E-state index in [1.54, 1.807) is 24.3 Å². The first-order valence-corrected chi connectivity index (χ1v) is 10.2. The topological polar surface area (TPSA) is 53.9 Å². The number of hydrogen-bond acceptors (Lipinski definition) is 4. The Balaban J connectivity index is 2.72. The van der Waals surface area contributed by atoms with Gasteiger partial charge in [-0.15, -0.1) is 0 Å². The maximum Gasteiger partial charge on any atom is 0.291 e. The van der Waals surface area contributed by atoms with Crippen molar-refractivity contribution in [1.29, 1.82) is 0 Å². The van der Waals surface area contributed by atoms with Gasteiger partial charge in [0.2, 0.25) is 0 Å². The molecule has 1 aromatic rings. The fourth-order valence-electron chi connectivity index (χ4n) is 2.58. The summed E-state index contributed by atoms with van der Waals surface area (Å²) >= 11 is 6.12. The molecule has 0 saturated heterocycles. The molecule has 0 fully saturated rings. The second kappa shape index (κ2) is 12.7. The number of ether oxygens (including phenoxy) is 1. The largest absolute Gasteiger partial charge is 0.465 e. The van der Waals surface area contributed by atoms with Gasteiger partial charge in [-0.3, -0.25) is 10.1 Å². The van der Waals surface area contributed by atoms with Gasteiger partial charge in [0, 0.05) is 0 Å². The van der Waals surface area contributed by atoms with Crippen LogP contribution in [0, 0.1) is 5.92 Å². The molecule has 27 heavy (non-hydrogen) atoms. The summed E-state index contributed by atoms with van der Waals surface area (Å²) in [6.07, 6.45) is 2.00. The van der Waals surface area contributed by atoms with Gasteiger partial charge >= 0.3 is 0 Å². The zero-order chi connectivity index (χ0) is 20.2. The van der Waals surface area contributed by atoms with Crippen LogP contribution in [0.1, 0.15) is 57.8 Å². The van der Waals surface area contributed by atoms with Crippen molar-refractivity contribution < 1.29 is 9.53 Å². The molecule has 0 aromatic heterocycles. The Morgan fingerprint density at radius 2 is 1.89 bits per heavy atom. The minimum atomic E-state index is -0.307. The number of carbonyl (C=O) groups is 1. The lowest BCUT2D eigenvalue weighted by molar-refractivity contribution is 0.0963. The number of benzene rings is 1. The van der Waals surface area contributed by atoms with Gasteiger partial charge in [0.15, 0.2) is 0 Å². The van der Waals surface area contributed by atoms with Crippen molar-refractivity contribution >= 4 is 23.5 Å². The van der Waals surface area contributed by atoms with Crippen LogP contribution in [0.15, 0.2) is 29.3 Å². The van der Waals surface area contributed by atoms with Gasteiger partial charge in [0.1, 0.15) is 0 Å². The lowest BCUT2D eigenvalue weighted by Gasteiger charge is -2.19. The summed E-state index contributed by atoms with van der Waals surface area (Å²) in [5.74, 6) is 0.0313. The number of carbonyl (C=O) groups excluding carboxylic acids is 1. The number of rotatable bonds is 10. The van der Waals surface area contributed by atoms with Crippen molar-refractivity contribution in [3.05, 3.63) is 34.9 Å². The number of hydrogen-bond donors (Lipinski definition) is 1. The van der Waals surface area contributed by atoms with Crippen molar-refractivity contribution in [2.45, 2.75) is 53.5 Å². The van der Waals surface area contributed by atoms with Crippen LogP contribution in [0.3, 0.4) is 0 Å². The molecule has 0 aliphatic heterocycles. The first-order valence-electron chi connectivity index (χ1n) is 9.86. The molecule has 6 heteroatoms. The van der Waals surface area contributed by atoms with Crippen LogP contribution in [-0.2, 0) is 4.74 Å². The first-order chi connectivity index (χ1) is 12.9. The van der Waals surface area contributed by atoms with Gasteiger partial charge in [0.25, 0.3) is 11.9 Å². The fraction of sp³-hybridized carbons (Fsp3) is 0.619. The fourth-order valence-corrected chi connectivity index (χ4v) is 2.80. The SMILES string of the molecule is CCN(CC)CCC[C@@H](C)N=C(NC(=O)c1ccccc1Cl)OCC(C)C. The van der Waals surface area contributed by atoms with Crippen LogP contribution in [0.2, 0.25) is 5.02 Å². The molecule has 0 aliphatic carbocycles. The lowest BCUT2D eigenvalue weighted by atomic mass is 10.2. The van der Waals surface area contributed by atoms with Crippen molar-refractivity contribution in [2.24, 2.45) is 10.9 Å². The van der Waals surface area contributed by atoms with Gasteiger partial charge in [0.05, 0.1) is 23.2 Å². The Bertz CT molecular complexity index is 601. The third-order valence-corrected chi connectivity index (χ3v) is 4.55. The number of amidine groups is 1. The van der Waals surface area contributed by atoms with Crippen LogP contribution in [0.4, 0.5) is 0 Å². The number of nitrogens with zero attached hydrogens (tertiary/aromatic N) is 2. The summed E-state index contributed by atoms with van der Waals surface area (Å²) in [6.45, 7) is 14.2. The molecule has 0 saturated carbocycles. The lowest BCUT2D eigenvalue weighted by Crippen LogP contribution is -2.34. The Hall–Kier alpha value is -1.59. The van der Waals surface area contributed by atoms with Crippen molar-refractivity contribution in [2.75, 3.05) is 26.2 Å². The van der Waals surface area contributed by atoms with Crippen LogP contribution >= 0.6 is 11.6 Å². The summed E-state index contributed by atoms with van der Waals surface area (Å²) in [5, 5.41) is 3.18. The van der Waals surface area contributed by atoms with Gasteiger partial charge in [-0.25, -0.2) is 4.99 Å². The average Bonchev–Trinajstić information content (AvgIpc) is 2.63. The van der Waals surface area contributed by atoms with E-state index in [-0.39, 0.29) is 18.0 Å². The van der Waals surface area contributed by atoms with E-state index in [2.05, 4.69) is 42.9 Å². The average molecular weight is 396 g/mol. The summed E-state index contributed by atoms with van der Waals surface area (Å²) < 4.78 is 5.74. The molecule has 1 rings (SSSR count). The number of nitrogens with one attached hydrogen (secondary N) is 1. The molecule has 1 amide bonds. The van der Waals surface area contributed by atoms with Gasteiger partial charge < -0.3 is 9.64 Å². The molecule has 152 valence electrons. The highest BCUT2D eigenvalue weighted by atomic mass is 35.5. The van der Waals surface area contributed by atoms with Crippen molar-refractivity contribution in [1.82, 2.24) is 10.2 Å². The highest BCUT2D eigenvalue weighted by molar-refractivity contribution is 6.34. The first kappa shape index (κ1) is 23.4. The van der Waals surface area contributed by atoms with Gasteiger partial charge in [-0.05, 0) is 57.5 Å². The quantitative estimate of drug-likeness (QED) is 0.465. The summed E-state index contributed by atoms with van der Waals surface area (Å²) in [6, 6.07) is 7.28. The minimum Gasteiger partial charge on any atom is -0.465 e. The second-order valence-electron chi connectivity index (χ2n) is 7.09. The minimum absolute atomic E-state index is 0.0641. The number of halogens is 1. The molecule has 0 aliphatic rings. The van der Waals surface area contributed by atoms with Crippen LogP contribution in [0.5, 0.6) is 0 Å². The van der Waals surface area contributed by atoms with Gasteiger partial charge in [-0.2, -0.15) is 0 Å². The molecule has 1 N–H and O–H groups in total. The molecule has 0 heterocycles. The van der Waals surface area contributed by atoms with E-state index in [0.717, 1.165) is 32.5 Å². The smallest absolute Gasteiger partial charge is 0.291 e. The van der Waals surface area contributed by atoms with E-state index in [0.29, 0.717) is 23.1 Å². The summed E-state index contributed by atoms with van der Waals surface area (Å²) in [7, 11) is 0. The molecular weight excluding hydrogens is 362 g/mol. The third kappa shape index (κ3) is 9.25. The predicted octanol–water partition coefficient (Wildman–Crippen LogP) is 4.61. The zero-order valence-corrected chi connectivity index (χ0v) is 18.1. The molecule has 0 spiro atoms. The van der Waals surface area contributed by atoms with Crippen LogP contribution < -0.4 is 5.32 Å². The highest BCUT2D eigenvalue weighted by Gasteiger charge is 2.14. The van der Waals surface area contributed by atoms with Crippen LogP contribution in [0.25, 0.3) is 0 Å². The van der Waals surface area contributed by atoms with Crippen molar-refractivity contribution in [3.63, 3.8) is 0 Å². The Morgan fingerprint density at radius 1 is 1.22 bits per heavy atom. The normalized spacial score (nSPS) is 13.1. The molecule has 1 atom stereocenters. The molecule has 0 unspecified atom stereocenters. The Labute approximate surface area is 169 Å². The summed E-state index contributed by atoms with van der Waals surface area (Å²) in [5.41, 5.74) is 0.411. The van der Waals surface area contributed by atoms with E-state index < -0.39 is 0 Å². The van der Waals surface area contributed by atoms with E-state index in [1.165, 1.54) is 0 Å². The molecular formula is C21H34ClN3O2. The second-order valence-corrected chi connectivity index (χ2v) is 7.50. The Kier molecular flexibility index (Phi) is 11.1. The highest BCUT2D eigenvalue weighted by Crippen LogP contribution is 2.14. The molecule has 1 aromatic carbocycles. The zero-order valence-electron chi connectivity index (χ0n) is 17.3. The standard InChI is InChI=1S/C21H34ClN3O2/c1-6-25(7-2)14-10-11-17(5)23-21(27-15-16(3)4)24-20(26)18-12-8-9-13-19(18)22/h8-9,12-13,16-17H,6-7,10-11,14-15H2,1-5H3,(H,23,24,26)/t17-/m1/s1. The monoisotopic (exact) mass is 395 g/mol. The number of amides is 1. The maximum atomic E-state index is 12.5. The third-order valence-electron chi connectivity index (χ3n) is 4.22. The molecule has 0 radical (unpaired) electrons. The van der Waals surface area contributed by atoms with Gasteiger partial charge in [-0.1, -0.05) is 51.4 Å². The molecule has 5 nitrogen and oxygen atoms in total. The van der Waals surface area contributed by atoms with E-state index in [4.69, 9.17) is 16.3 Å². The predicted molar refractivity (Wildman–Crippen MR) is 114 cm³/mol. The summed E-state index contributed by atoms with van der Waals surface area (Å²) in [4.78, 5) is 19.5. The van der Waals surface area contributed by atoms with Crippen molar-refractivity contribution in [3.8, 4) is 0 Å². The van der Waals surface area contributed by atoms with E-state index in [1.807, 2.05) is 6.92 Å². The number of aliphatic imine (C=N–C) groups is 1. The Morgan fingerprint density at radius 3 is 2.48 bits per heavy atom. The van der Waals surface area contributed by atoms with E-state index in [9.17, 15) is 4.79 Å².